The van der Waals surface area contributed by atoms with Gasteiger partial charge in [0, 0.05) is 58.9 Å². The lowest BCUT2D eigenvalue weighted by Gasteiger charge is -2.36. The number of aliphatic hydroxyl groups excluding tert-OH is 1. The molecule has 30 heavy (non-hydrogen) atoms. The van der Waals surface area contributed by atoms with E-state index in [1.54, 1.807) is 0 Å². The first-order valence-electron chi connectivity index (χ1n) is 11.1. The van der Waals surface area contributed by atoms with E-state index in [9.17, 15) is 9.90 Å². The highest BCUT2D eigenvalue weighted by Crippen LogP contribution is 2.10. The van der Waals surface area contributed by atoms with Crippen molar-refractivity contribution in [1.82, 2.24) is 25.0 Å². The molecule has 0 aliphatic carbocycles. The van der Waals surface area contributed by atoms with Crippen LogP contribution in [-0.2, 0) is 11.3 Å². The summed E-state index contributed by atoms with van der Waals surface area (Å²) < 4.78 is 10.9. The standard InChI is InChI=1S/C21H37N5O4/c1-17(2)3-4-22-21(28)19-16-30-20(23-19)15-25-7-5-24(6-8-25)13-18(27)14-26-9-11-29-12-10-26/h16-18,27H,3-15H2,1-2H3,(H,22,28). The van der Waals surface area contributed by atoms with Crippen LogP contribution in [0.25, 0.3) is 0 Å². The summed E-state index contributed by atoms with van der Waals surface area (Å²) >= 11 is 0. The minimum absolute atomic E-state index is 0.176. The minimum Gasteiger partial charge on any atom is -0.447 e. The molecule has 1 amide bonds. The van der Waals surface area contributed by atoms with Gasteiger partial charge in [-0.05, 0) is 12.3 Å². The lowest BCUT2D eigenvalue weighted by molar-refractivity contribution is 0.00187. The number of nitrogens with one attached hydrogen (secondary N) is 1. The lowest BCUT2D eigenvalue weighted by atomic mass is 10.1. The fourth-order valence-electron chi connectivity index (χ4n) is 3.81. The number of carbonyl (C=O) groups excluding carboxylic acids is 1. The molecule has 2 fully saturated rings. The molecule has 2 N–H and O–H groups in total. The maximum atomic E-state index is 12.1. The highest BCUT2D eigenvalue weighted by atomic mass is 16.5. The van der Waals surface area contributed by atoms with Gasteiger partial charge in [0.25, 0.3) is 5.91 Å². The van der Waals surface area contributed by atoms with E-state index in [-0.39, 0.29) is 12.0 Å². The fourth-order valence-corrected chi connectivity index (χ4v) is 3.81. The highest BCUT2D eigenvalue weighted by Gasteiger charge is 2.22. The van der Waals surface area contributed by atoms with Crippen molar-refractivity contribution in [2.75, 3.05) is 72.1 Å². The number of rotatable bonds is 10. The molecule has 170 valence electrons. The molecule has 1 unspecified atom stereocenters. The molecule has 1 aromatic heterocycles. The number of amides is 1. The number of aromatic nitrogens is 1. The number of ether oxygens (including phenoxy) is 1. The van der Waals surface area contributed by atoms with Crippen molar-refractivity contribution < 1.29 is 19.1 Å². The van der Waals surface area contributed by atoms with Crippen LogP contribution in [0.5, 0.6) is 0 Å². The lowest BCUT2D eigenvalue weighted by Crippen LogP contribution is -2.50. The molecule has 2 aliphatic rings. The summed E-state index contributed by atoms with van der Waals surface area (Å²) in [5, 5.41) is 13.3. The molecule has 1 aromatic rings. The monoisotopic (exact) mass is 423 g/mol. The molecule has 3 heterocycles. The first-order chi connectivity index (χ1) is 14.5. The Hall–Kier alpha value is -1.52. The van der Waals surface area contributed by atoms with Crippen molar-refractivity contribution in [2.45, 2.75) is 32.9 Å². The summed E-state index contributed by atoms with van der Waals surface area (Å²) in [6.07, 6.45) is 2.05. The maximum Gasteiger partial charge on any atom is 0.273 e. The Kier molecular flexibility index (Phi) is 9.07. The Labute approximate surface area is 179 Å². The predicted molar refractivity (Wildman–Crippen MR) is 113 cm³/mol. The number of morpholine rings is 1. The van der Waals surface area contributed by atoms with Gasteiger partial charge in [0.15, 0.2) is 5.69 Å². The molecule has 0 saturated carbocycles. The van der Waals surface area contributed by atoms with Crippen molar-refractivity contribution in [1.29, 1.82) is 0 Å². The summed E-state index contributed by atoms with van der Waals surface area (Å²) in [6.45, 7) is 13.8. The number of nitrogens with zero attached hydrogens (tertiary/aromatic N) is 4. The van der Waals surface area contributed by atoms with E-state index >= 15 is 0 Å². The van der Waals surface area contributed by atoms with Gasteiger partial charge >= 0.3 is 0 Å². The second-order valence-electron chi connectivity index (χ2n) is 8.71. The van der Waals surface area contributed by atoms with Crippen molar-refractivity contribution >= 4 is 5.91 Å². The Morgan fingerprint density at radius 1 is 1.10 bits per heavy atom. The highest BCUT2D eigenvalue weighted by molar-refractivity contribution is 5.91. The van der Waals surface area contributed by atoms with Gasteiger partial charge in [0.2, 0.25) is 5.89 Å². The van der Waals surface area contributed by atoms with E-state index in [1.807, 2.05) is 0 Å². The Balaban J connectivity index is 1.34. The molecule has 1 atom stereocenters. The maximum absolute atomic E-state index is 12.1. The molecular formula is C21H37N5O4. The second kappa shape index (κ2) is 11.8. The first-order valence-corrected chi connectivity index (χ1v) is 11.1. The number of carbonyl (C=O) groups is 1. The zero-order valence-corrected chi connectivity index (χ0v) is 18.4. The molecule has 0 bridgehead atoms. The summed E-state index contributed by atoms with van der Waals surface area (Å²) in [4.78, 5) is 23.3. The van der Waals surface area contributed by atoms with Crippen molar-refractivity contribution in [2.24, 2.45) is 5.92 Å². The first kappa shape index (κ1) is 23.1. The van der Waals surface area contributed by atoms with Gasteiger partial charge < -0.3 is 19.6 Å². The van der Waals surface area contributed by atoms with Crippen LogP contribution in [-0.4, -0.2) is 109 Å². The van der Waals surface area contributed by atoms with Gasteiger partial charge in [0.1, 0.15) is 6.26 Å². The second-order valence-corrected chi connectivity index (χ2v) is 8.71. The third-order valence-electron chi connectivity index (χ3n) is 5.66. The molecule has 0 aromatic carbocycles. The average Bonchev–Trinajstić information content (AvgIpc) is 3.18. The number of piperazine rings is 1. The van der Waals surface area contributed by atoms with E-state index in [4.69, 9.17) is 9.15 Å². The SMILES string of the molecule is CC(C)CCNC(=O)c1coc(CN2CCN(CC(O)CN3CCOCC3)CC2)n1. The fraction of sp³-hybridized carbons (Fsp3) is 0.810. The average molecular weight is 424 g/mol. The molecule has 2 aliphatic heterocycles. The minimum atomic E-state index is -0.335. The molecule has 9 heteroatoms. The number of hydrogen-bond acceptors (Lipinski definition) is 8. The third-order valence-corrected chi connectivity index (χ3v) is 5.66. The Morgan fingerprint density at radius 2 is 1.73 bits per heavy atom. The van der Waals surface area contributed by atoms with Gasteiger partial charge in [-0.3, -0.25) is 19.5 Å². The van der Waals surface area contributed by atoms with E-state index in [2.05, 4.69) is 38.8 Å². The third kappa shape index (κ3) is 7.63. The summed E-state index contributed by atoms with van der Waals surface area (Å²) in [5.41, 5.74) is 0.346. The van der Waals surface area contributed by atoms with E-state index in [1.165, 1.54) is 6.26 Å². The topological polar surface area (TPSA) is 94.3 Å². The molecule has 0 radical (unpaired) electrons. The van der Waals surface area contributed by atoms with Crippen LogP contribution in [0.15, 0.2) is 10.7 Å². The van der Waals surface area contributed by atoms with Crippen molar-refractivity contribution in [3.8, 4) is 0 Å². The van der Waals surface area contributed by atoms with Crippen LogP contribution >= 0.6 is 0 Å². The number of hydrogen-bond donors (Lipinski definition) is 2. The van der Waals surface area contributed by atoms with Gasteiger partial charge in [-0.25, -0.2) is 4.98 Å². The van der Waals surface area contributed by atoms with Crippen LogP contribution in [0.1, 0.15) is 36.6 Å². The Bertz CT molecular complexity index is 639. The number of β-amino-alcohol motifs (C(OH)–C–C–N with tert-alkyl or cyclic N) is 1. The van der Waals surface area contributed by atoms with Crippen LogP contribution < -0.4 is 5.32 Å². The van der Waals surface area contributed by atoms with Crippen LogP contribution in [0.3, 0.4) is 0 Å². The van der Waals surface area contributed by atoms with E-state index in [0.29, 0.717) is 43.7 Å². The van der Waals surface area contributed by atoms with Crippen molar-refractivity contribution in [3.63, 3.8) is 0 Å². The van der Waals surface area contributed by atoms with Gasteiger partial charge in [-0.15, -0.1) is 0 Å². The van der Waals surface area contributed by atoms with Gasteiger partial charge in [0.05, 0.1) is 25.9 Å². The van der Waals surface area contributed by atoms with Crippen molar-refractivity contribution in [3.05, 3.63) is 17.8 Å². The molecule has 0 spiro atoms. The van der Waals surface area contributed by atoms with E-state index in [0.717, 1.165) is 58.9 Å². The van der Waals surface area contributed by atoms with Crippen LogP contribution in [0, 0.1) is 5.92 Å². The quantitative estimate of drug-likeness (QED) is 0.554. The number of oxazole rings is 1. The van der Waals surface area contributed by atoms with Crippen LogP contribution in [0.2, 0.25) is 0 Å². The number of aliphatic hydroxyl groups is 1. The Morgan fingerprint density at radius 3 is 2.40 bits per heavy atom. The largest absolute Gasteiger partial charge is 0.447 e. The van der Waals surface area contributed by atoms with Crippen LogP contribution in [0.4, 0.5) is 0 Å². The predicted octanol–water partition coefficient (Wildman–Crippen LogP) is 0.261. The molecule has 3 rings (SSSR count). The zero-order chi connectivity index (χ0) is 21.3. The molecule has 2 saturated heterocycles. The summed E-state index contributed by atoms with van der Waals surface area (Å²) in [5.74, 6) is 0.951. The zero-order valence-electron chi connectivity index (χ0n) is 18.4. The summed E-state index contributed by atoms with van der Waals surface area (Å²) in [6, 6.07) is 0. The van der Waals surface area contributed by atoms with E-state index < -0.39 is 0 Å². The summed E-state index contributed by atoms with van der Waals surface area (Å²) in [7, 11) is 0. The van der Waals surface area contributed by atoms with Gasteiger partial charge in [-0.1, -0.05) is 13.8 Å². The molecular weight excluding hydrogens is 386 g/mol. The molecule has 9 nitrogen and oxygen atoms in total. The van der Waals surface area contributed by atoms with Gasteiger partial charge in [-0.2, -0.15) is 0 Å². The normalized spacial score (nSPS) is 20.5. The smallest absolute Gasteiger partial charge is 0.273 e.